The first-order valence-electron chi connectivity index (χ1n) is 2.92. The van der Waals surface area contributed by atoms with Crippen molar-refractivity contribution in [2.45, 2.75) is 12.1 Å². The van der Waals surface area contributed by atoms with Crippen LogP contribution in [0.5, 0.6) is 0 Å². The van der Waals surface area contributed by atoms with Crippen molar-refractivity contribution in [3.8, 4) is 0 Å². The highest BCUT2D eigenvalue weighted by molar-refractivity contribution is 5.71. The summed E-state index contributed by atoms with van der Waals surface area (Å²) >= 11 is 0. The second kappa shape index (κ2) is 3.31. The molecule has 0 saturated carbocycles. The highest BCUT2D eigenvalue weighted by Gasteiger charge is 2.61. The van der Waals surface area contributed by atoms with Crippen LogP contribution >= 0.6 is 0 Å². The first-order chi connectivity index (χ1) is 5.64. The molecule has 0 amide bonds. The summed E-state index contributed by atoms with van der Waals surface area (Å²) in [4.78, 5) is 9.86. The smallest absolute Gasteiger partial charge is 0.454 e. The van der Waals surface area contributed by atoms with Gasteiger partial charge in [0, 0.05) is 0 Å². The number of hydrogen-bond acceptors (Lipinski definition) is 2. The van der Waals surface area contributed by atoms with Gasteiger partial charge in [0.05, 0.1) is 11.9 Å². The quantitative estimate of drug-likeness (QED) is 0.501. The van der Waals surface area contributed by atoms with E-state index in [-0.39, 0.29) is 6.08 Å². The molecule has 0 fully saturated rings. The van der Waals surface area contributed by atoms with E-state index in [4.69, 9.17) is 0 Å². The molecule has 0 bridgehead atoms. The van der Waals surface area contributed by atoms with Crippen LogP contribution < -0.4 is 5.11 Å². The van der Waals surface area contributed by atoms with Gasteiger partial charge in [0.1, 0.15) is 0 Å². The monoisotopic (exact) mass is 203 g/mol. The van der Waals surface area contributed by atoms with Gasteiger partial charge in [-0.3, -0.25) is 0 Å². The molecule has 0 aliphatic heterocycles. The average molecular weight is 203 g/mol. The fourth-order valence-corrected chi connectivity index (χ4v) is 0.569. The molecule has 0 heterocycles. The van der Waals surface area contributed by atoms with Gasteiger partial charge in [-0.25, -0.2) is 0 Å². The molecule has 0 aromatic carbocycles. The number of carboxylic acid groups (broad SMARTS) is 1. The summed E-state index contributed by atoms with van der Waals surface area (Å²) in [5, 5.41) is 9.86. The second-order valence-electron chi connectivity index (χ2n) is 2.15. The number of carbonyl (C=O) groups is 1. The fourth-order valence-electron chi connectivity index (χ4n) is 0.569. The Balaban J connectivity index is 5.00. The van der Waals surface area contributed by atoms with Crippen LogP contribution in [0.4, 0.5) is 22.0 Å². The maximum atomic E-state index is 12.2. The maximum Gasteiger partial charge on any atom is 0.454 e. The van der Waals surface area contributed by atoms with Gasteiger partial charge < -0.3 is 9.90 Å². The average Bonchev–Trinajstić information content (AvgIpc) is 1.83. The van der Waals surface area contributed by atoms with E-state index in [1.807, 2.05) is 0 Å². The lowest BCUT2D eigenvalue weighted by molar-refractivity contribution is -0.340. The Labute approximate surface area is 69.7 Å². The predicted octanol–water partition coefficient (Wildman–Crippen LogP) is 0.736. The van der Waals surface area contributed by atoms with Crippen molar-refractivity contribution >= 4 is 5.97 Å². The fraction of sp³-hybridized carbons (Fsp3) is 0.500. The summed E-state index contributed by atoms with van der Waals surface area (Å²) in [6.07, 6.45) is -5.94. The molecule has 76 valence electrons. The zero-order valence-electron chi connectivity index (χ0n) is 6.07. The summed E-state index contributed by atoms with van der Waals surface area (Å²) in [5.74, 6) is -10.9. The molecule has 0 aliphatic carbocycles. The highest BCUT2D eigenvalue weighted by Crippen LogP contribution is 2.41. The molecule has 0 rings (SSSR count). The second-order valence-corrected chi connectivity index (χ2v) is 2.15. The van der Waals surface area contributed by atoms with E-state index in [1.165, 1.54) is 0 Å². The van der Waals surface area contributed by atoms with Gasteiger partial charge in [-0.2, -0.15) is 22.0 Å². The normalized spacial score (nSPS) is 15.2. The van der Waals surface area contributed by atoms with E-state index in [1.54, 1.807) is 0 Å². The first kappa shape index (κ1) is 11.9. The van der Waals surface area contributed by atoms with Crippen LogP contribution in [0.15, 0.2) is 12.7 Å². The molecule has 0 aromatic heterocycles. The van der Waals surface area contributed by atoms with Crippen LogP contribution in [0.2, 0.25) is 0 Å². The van der Waals surface area contributed by atoms with Crippen molar-refractivity contribution in [2.75, 3.05) is 0 Å². The van der Waals surface area contributed by atoms with Crippen molar-refractivity contribution in [1.82, 2.24) is 0 Å². The van der Waals surface area contributed by atoms with E-state index >= 15 is 0 Å². The van der Waals surface area contributed by atoms with Gasteiger partial charge in [-0.1, -0.05) is 6.08 Å². The first-order valence-corrected chi connectivity index (χ1v) is 2.92. The summed E-state index contributed by atoms with van der Waals surface area (Å²) in [6.45, 7) is 2.56. The van der Waals surface area contributed by atoms with Crippen LogP contribution in [0, 0.1) is 5.92 Å². The zero-order valence-corrected chi connectivity index (χ0v) is 6.07. The number of alkyl halides is 5. The van der Waals surface area contributed by atoms with Gasteiger partial charge in [-0.05, 0) is 0 Å². The number of carboxylic acids is 1. The maximum absolute atomic E-state index is 12.2. The third-order valence-electron chi connectivity index (χ3n) is 1.26. The molecule has 13 heavy (non-hydrogen) atoms. The van der Waals surface area contributed by atoms with Gasteiger partial charge in [0.25, 0.3) is 0 Å². The van der Waals surface area contributed by atoms with Crippen molar-refractivity contribution in [3.05, 3.63) is 12.7 Å². The SMILES string of the molecule is C=CC(C(=O)[O-])C(F)(F)C(F)(F)F. The number of rotatable bonds is 3. The minimum atomic E-state index is -5.92. The minimum Gasteiger partial charge on any atom is -0.549 e. The van der Waals surface area contributed by atoms with Crippen LogP contribution in [-0.4, -0.2) is 18.1 Å². The Morgan fingerprint density at radius 1 is 1.31 bits per heavy atom. The lowest BCUT2D eigenvalue weighted by Crippen LogP contribution is -2.50. The summed E-state index contributed by atoms with van der Waals surface area (Å²) in [6, 6.07) is 0. The molecular formula is C6H4F5O2-. The Kier molecular flexibility index (Phi) is 3.02. The largest absolute Gasteiger partial charge is 0.549 e. The molecule has 0 aliphatic rings. The third kappa shape index (κ3) is 2.16. The molecule has 0 aromatic rings. The Morgan fingerprint density at radius 2 is 1.69 bits per heavy atom. The number of carbonyl (C=O) groups excluding carboxylic acids is 1. The summed E-state index contributed by atoms with van der Waals surface area (Å²) < 4.78 is 59.1. The lowest BCUT2D eigenvalue weighted by Gasteiger charge is -2.26. The topological polar surface area (TPSA) is 40.1 Å². The summed E-state index contributed by atoms with van der Waals surface area (Å²) in [7, 11) is 0. The lowest BCUT2D eigenvalue weighted by atomic mass is 10.0. The minimum absolute atomic E-state index is 0.0111. The van der Waals surface area contributed by atoms with E-state index in [0.717, 1.165) is 0 Å². The third-order valence-corrected chi connectivity index (χ3v) is 1.26. The van der Waals surface area contributed by atoms with Crippen molar-refractivity contribution < 1.29 is 31.9 Å². The van der Waals surface area contributed by atoms with Gasteiger partial charge >= 0.3 is 12.1 Å². The predicted molar refractivity (Wildman–Crippen MR) is 29.7 cm³/mol. The van der Waals surface area contributed by atoms with E-state index in [2.05, 4.69) is 6.58 Å². The van der Waals surface area contributed by atoms with Crippen LogP contribution in [0.25, 0.3) is 0 Å². The molecule has 0 saturated heterocycles. The molecular weight excluding hydrogens is 199 g/mol. The van der Waals surface area contributed by atoms with E-state index in [9.17, 15) is 31.9 Å². The van der Waals surface area contributed by atoms with Gasteiger partial charge in [0.2, 0.25) is 0 Å². The van der Waals surface area contributed by atoms with E-state index in [0.29, 0.717) is 0 Å². The molecule has 2 nitrogen and oxygen atoms in total. The molecule has 0 N–H and O–H groups in total. The molecule has 1 atom stereocenters. The highest BCUT2D eigenvalue weighted by atomic mass is 19.4. The van der Waals surface area contributed by atoms with Crippen molar-refractivity contribution in [1.29, 1.82) is 0 Å². The number of halogens is 5. The molecule has 1 unspecified atom stereocenters. The Morgan fingerprint density at radius 3 is 1.77 bits per heavy atom. The molecule has 0 radical (unpaired) electrons. The van der Waals surface area contributed by atoms with E-state index < -0.39 is 24.0 Å². The van der Waals surface area contributed by atoms with Crippen molar-refractivity contribution in [2.24, 2.45) is 5.92 Å². The Bertz CT molecular complexity index is 220. The van der Waals surface area contributed by atoms with Gasteiger partial charge in [-0.15, -0.1) is 6.58 Å². The Hall–Kier alpha value is -1.14. The van der Waals surface area contributed by atoms with Crippen LogP contribution in [-0.2, 0) is 4.79 Å². The summed E-state index contributed by atoms with van der Waals surface area (Å²) in [5.41, 5.74) is 0. The zero-order chi connectivity index (χ0) is 10.9. The van der Waals surface area contributed by atoms with Crippen molar-refractivity contribution in [3.63, 3.8) is 0 Å². The standard InChI is InChI=1S/C6H5F5O2/c1-2-3(4(12)13)5(7,8)6(9,10)11/h2-3H,1H2,(H,12,13)/p-1. The molecule has 7 heteroatoms. The molecule has 0 spiro atoms. The van der Waals surface area contributed by atoms with Crippen LogP contribution in [0.1, 0.15) is 0 Å². The van der Waals surface area contributed by atoms with Crippen LogP contribution in [0.3, 0.4) is 0 Å². The van der Waals surface area contributed by atoms with Gasteiger partial charge in [0.15, 0.2) is 0 Å². The number of hydrogen-bond donors (Lipinski definition) is 0. The number of aliphatic carboxylic acids is 1.